The molecule has 0 bridgehead atoms. The van der Waals surface area contributed by atoms with Gasteiger partial charge in [-0.15, -0.1) is 11.3 Å². The number of thiazole rings is 1. The van der Waals surface area contributed by atoms with Crippen molar-refractivity contribution in [3.63, 3.8) is 0 Å². The van der Waals surface area contributed by atoms with Crippen molar-refractivity contribution in [2.75, 3.05) is 63.4 Å². The first-order chi connectivity index (χ1) is 12.7. The van der Waals surface area contributed by atoms with E-state index in [2.05, 4.69) is 32.2 Å². The summed E-state index contributed by atoms with van der Waals surface area (Å²) in [5.41, 5.74) is 1.64. The molecule has 26 heavy (non-hydrogen) atoms. The van der Waals surface area contributed by atoms with E-state index < -0.39 is 0 Å². The molecule has 1 aromatic heterocycles. The number of carbonyl (C=O) groups excluding carboxylic acids is 1. The number of nitrogens with zero attached hydrogens (tertiary/aromatic N) is 3. The van der Waals surface area contributed by atoms with Crippen molar-refractivity contribution in [3.8, 4) is 5.75 Å². The van der Waals surface area contributed by atoms with E-state index >= 15 is 0 Å². The molecule has 1 aliphatic heterocycles. The van der Waals surface area contributed by atoms with Crippen LogP contribution in [0.1, 0.15) is 10.5 Å². The number of hydrogen-bond donors (Lipinski definition) is 1. The Hall–Kier alpha value is -2.32. The predicted octanol–water partition coefficient (Wildman–Crippen LogP) is 1.85. The van der Waals surface area contributed by atoms with Crippen molar-refractivity contribution in [2.24, 2.45) is 0 Å². The van der Waals surface area contributed by atoms with Crippen LogP contribution in [0.4, 0.5) is 10.8 Å². The van der Waals surface area contributed by atoms with Gasteiger partial charge in [-0.05, 0) is 12.1 Å². The van der Waals surface area contributed by atoms with Crippen molar-refractivity contribution in [2.45, 2.75) is 0 Å². The molecule has 0 radical (unpaired) electrons. The number of piperazine rings is 1. The number of methoxy groups -OCH3 is 2. The Morgan fingerprint density at radius 1 is 1.23 bits per heavy atom. The van der Waals surface area contributed by atoms with E-state index in [1.165, 1.54) is 17.0 Å². The molecule has 3 rings (SSSR count). The summed E-state index contributed by atoms with van der Waals surface area (Å²) >= 11 is 1.51. The third-order valence-electron chi connectivity index (χ3n) is 4.29. The normalized spacial score (nSPS) is 14.4. The summed E-state index contributed by atoms with van der Waals surface area (Å²) < 4.78 is 10.2. The van der Waals surface area contributed by atoms with Crippen LogP contribution in [0, 0.1) is 0 Å². The number of aromatic nitrogens is 1. The van der Waals surface area contributed by atoms with Crippen LogP contribution >= 0.6 is 11.3 Å². The van der Waals surface area contributed by atoms with Gasteiger partial charge >= 0.3 is 0 Å². The second-order valence-electron chi connectivity index (χ2n) is 5.94. The second kappa shape index (κ2) is 8.86. The van der Waals surface area contributed by atoms with E-state index in [-0.39, 0.29) is 5.91 Å². The van der Waals surface area contributed by atoms with Crippen LogP contribution in [0.5, 0.6) is 5.75 Å². The number of amides is 1. The lowest BCUT2D eigenvalue weighted by molar-refractivity contribution is 0.0933. The van der Waals surface area contributed by atoms with Crippen molar-refractivity contribution in [3.05, 3.63) is 35.3 Å². The Morgan fingerprint density at radius 2 is 2.00 bits per heavy atom. The molecule has 2 aromatic rings. The summed E-state index contributed by atoms with van der Waals surface area (Å²) in [6, 6.07) is 8.12. The van der Waals surface area contributed by atoms with Gasteiger partial charge < -0.3 is 24.6 Å². The molecule has 1 aliphatic rings. The molecule has 1 saturated heterocycles. The van der Waals surface area contributed by atoms with Crippen LogP contribution in [-0.4, -0.2) is 64.4 Å². The maximum atomic E-state index is 12.1. The van der Waals surface area contributed by atoms with Crippen molar-refractivity contribution in [1.29, 1.82) is 0 Å². The number of carbonyl (C=O) groups is 1. The van der Waals surface area contributed by atoms with E-state index in [4.69, 9.17) is 9.47 Å². The largest absolute Gasteiger partial charge is 0.497 e. The second-order valence-corrected chi connectivity index (χ2v) is 6.78. The van der Waals surface area contributed by atoms with Crippen LogP contribution in [0.15, 0.2) is 29.6 Å². The topological polar surface area (TPSA) is 66.9 Å². The molecule has 0 saturated carbocycles. The molecule has 0 atom stereocenters. The Bertz CT molecular complexity index is 729. The highest BCUT2D eigenvalue weighted by atomic mass is 32.1. The van der Waals surface area contributed by atoms with E-state index in [1.807, 2.05) is 17.5 Å². The molecule has 0 unspecified atom stereocenters. The molecule has 0 spiro atoms. The Balaban J connectivity index is 1.55. The third kappa shape index (κ3) is 4.44. The fourth-order valence-corrected chi connectivity index (χ4v) is 3.69. The van der Waals surface area contributed by atoms with Crippen molar-refractivity contribution in [1.82, 2.24) is 10.3 Å². The molecule has 8 heteroatoms. The van der Waals surface area contributed by atoms with Crippen molar-refractivity contribution >= 4 is 28.1 Å². The molecule has 7 nitrogen and oxygen atoms in total. The lowest BCUT2D eigenvalue weighted by atomic mass is 10.2. The lowest BCUT2D eigenvalue weighted by Gasteiger charge is -2.36. The van der Waals surface area contributed by atoms with Gasteiger partial charge in [-0.25, -0.2) is 4.98 Å². The SMILES string of the molecule is COCCNC(=O)c1csc(N2CCN(c3cccc(OC)c3)CC2)n1. The van der Waals surface area contributed by atoms with Gasteiger partial charge in [-0.2, -0.15) is 0 Å². The Kier molecular flexibility index (Phi) is 6.30. The molecule has 1 fully saturated rings. The standard InChI is InChI=1S/C18H24N4O3S/c1-24-11-6-19-17(23)16-13-26-18(20-16)22-9-7-21(8-10-22)14-4-3-5-15(12-14)25-2/h3-5,12-13H,6-11H2,1-2H3,(H,19,23). The van der Waals surface area contributed by atoms with Gasteiger partial charge in [0.25, 0.3) is 5.91 Å². The van der Waals surface area contributed by atoms with E-state index in [0.29, 0.717) is 18.8 Å². The molecular formula is C18H24N4O3S. The highest BCUT2D eigenvalue weighted by Crippen LogP contribution is 2.25. The minimum Gasteiger partial charge on any atom is -0.497 e. The van der Waals surface area contributed by atoms with Crippen LogP contribution in [0.2, 0.25) is 0 Å². The predicted molar refractivity (Wildman–Crippen MR) is 104 cm³/mol. The highest BCUT2D eigenvalue weighted by Gasteiger charge is 2.21. The molecule has 1 aromatic carbocycles. The fourth-order valence-electron chi connectivity index (χ4n) is 2.83. The fraction of sp³-hybridized carbons (Fsp3) is 0.444. The van der Waals surface area contributed by atoms with Gasteiger partial charge in [0.05, 0.1) is 13.7 Å². The zero-order chi connectivity index (χ0) is 18.4. The zero-order valence-electron chi connectivity index (χ0n) is 15.1. The first-order valence-corrected chi connectivity index (χ1v) is 9.46. The van der Waals surface area contributed by atoms with Crippen molar-refractivity contribution < 1.29 is 14.3 Å². The average molecular weight is 376 g/mol. The number of anilines is 2. The maximum Gasteiger partial charge on any atom is 0.270 e. The number of ether oxygens (including phenoxy) is 2. The van der Waals surface area contributed by atoms with Crippen LogP contribution in [-0.2, 0) is 4.74 Å². The summed E-state index contributed by atoms with van der Waals surface area (Å²) in [5, 5.41) is 5.50. The van der Waals surface area contributed by atoms with Crippen LogP contribution in [0.3, 0.4) is 0 Å². The number of rotatable bonds is 7. The summed E-state index contributed by atoms with van der Waals surface area (Å²) in [6.07, 6.45) is 0. The summed E-state index contributed by atoms with van der Waals surface area (Å²) in [7, 11) is 3.29. The molecule has 140 valence electrons. The van der Waals surface area contributed by atoms with Gasteiger partial charge in [0.2, 0.25) is 0 Å². The monoisotopic (exact) mass is 376 g/mol. The zero-order valence-corrected chi connectivity index (χ0v) is 15.9. The molecule has 2 heterocycles. The number of benzene rings is 1. The molecule has 1 amide bonds. The smallest absolute Gasteiger partial charge is 0.270 e. The minimum atomic E-state index is -0.153. The Labute approximate surface area is 157 Å². The molecular weight excluding hydrogens is 352 g/mol. The first-order valence-electron chi connectivity index (χ1n) is 8.58. The summed E-state index contributed by atoms with van der Waals surface area (Å²) in [5.74, 6) is 0.716. The van der Waals surface area contributed by atoms with Crippen LogP contribution in [0.25, 0.3) is 0 Å². The number of hydrogen-bond acceptors (Lipinski definition) is 7. The average Bonchev–Trinajstić information content (AvgIpc) is 3.18. The van der Waals surface area contributed by atoms with E-state index in [1.54, 1.807) is 14.2 Å². The number of nitrogens with one attached hydrogen (secondary N) is 1. The molecule has 1 N–H and O–H groups in total. The molecule has 0 aliphatic carbocycles. The Morgan fingerprint density at radius 3 is 2.73 bits per heavy atom. The van der Waals surface area contributed by atoms with Gasteiger partial charge in [0, 0.05) is 57.0 Å². The van der Waals surface area contributed by atoms with Crippen LogP contribution < -0.4 is 19.9 Å². The summed E-state index contributed by atoms with van der Waals surface area (Å²) in [6.45, 7) is 4.53. The van der Waals surface area contributed by atoms with E-state index in [0.717, 1.165) is 37.1 Å². The third-order valence-corrected chi connectivity index (χ3v) is 5.19. The van der Waals surface area contributed by atoms with Gasteiger partial charge in [-0.1, -0.05) is 6.07 Å². The quantitative estimate of drug-likeness (QED) is 0.744. The van der Waals surface area contributed by atoms with Gasteiger partial charge in [0.15, 0.2) is 5.13 Å². The first kappa shape index (κ1) is 18.5. The maximum absolute atomic E-state index is 12.1. The van der Waals surface area contributed by atoms with E-state index in [9.17, 15) is 4.79 Å². The summed E-state index contributed by atoms with van der Waals surface area (Å²) in [4.78, 5) is 21.1. The minimum absolute atomic E-state index is 0.153. The van der Waals surface area contributed by atoms with Gasteiger partial charge in [-0.3, -0.25) is 4.79 Å². The van der Waals surface area contributed by atoms with Gasteiger partial charge in [0.1, 0.15) is 11.4 Å². The lowest BCUT2D eigenvalue weighted by Crippen LogP contribution is -2.46. The highest BCUT2D eigenvalue weighted by molar-refractivity contribution is 7.13.